The van der Waals surface area contributed by atoms with Gasteiger partial charge >= 0.3 is 6.18 Å². The van der Waals surface area contributed by atoms with Crippen molar-refractivity contribution in [2.75, 3.05) is 26.3 Å². The lowest BCUT2D eigenvalue weighted by molar-refractivity contribution is -0.155. The molecule has 0 radical (unpaired) electrons. The molecule has 6 nitrogen and oxygen atoms in total. The lowest BCUT2D eigenvalue weighted by atomic mass is 10.3. The van der Waals surface area contributed by atoms with Crippen LogP contribution in [0, 0.1) is 6.92 Å². The number of hydrogen-bond donors (Lipinski definition) is 0. The molecule has 2 aromatic rings. The van der Waals surface area contributed by atoms with Gasteiger partial charge in [-0.3, -0.25) is 0 Å². The summed E-state index contributed by atoms with van der Waals surface area (Å²) < 4.78 is 73.8. The molecule has 1 aliphatic heterocycles. The second kappa shape index (κ2) is 6.14. The summed E-state index contributed by atoms with van der Waals surface area (Å²) >= 11 is 1.06. The Morgan fingerprint density at radius 3 is 2.50 bits per heavy atom. The van der Waals surface area contributed by atoms with Crippen LogP contribution in [0.3, 0.4) is 0 Å². The SMILES string of the molecule is Cc1sc(-c2cc(C(F)(F)F)on2)cc1S(=O)(=O)N1CCOCC1. The Labute approximate surface area is 139 Å². The number of rotatable bonds is 3. The lowest BCUT2D eigenvalue weighted by Gasteiger charge is -2.25. The van der Waals surface area contributed by atoms with Gasteiger partial charge in [-0.25, -0.2) is 8.42 Å². The maximum Gasteiger partial charge on any atom is 0.452 e. The van der Waals surface area contributed by atoms with E-state index in [4.69, 9.17) is 4.74 Å². The molecule has 3 heterocycles. The van der Waals surface area contributed by atoms with E-state index in [2.05, 4.69) is 9.68 Å². The molecule has 2 aromatic heterocycles. The molecule has 0 atom stereocenters. The fourth-order valence-corrected chi connectivity index (χ4v) is 5.22. The van der Waals surface area contributed by atoms with Crippen molar-refractivity contribution in [1.82, 2.24) is 9.46 Å². The third-order valence-corrected chi connectivity index (χ3v) is 6.73. The van der Waals surface area contributed by atoms with Gasteiger partial charge in [0, 0.05) is 24.0 Å². The second-order valence-corrected chi connectivity index (χ2v) is 8.28. The zero-order valence-electron chi connectivity index (χ0n) is 12.5. The van der Waals surface area contributed by atoms with E-state index >= 15 is 0 Å². The highest BCUT2D eigenvalue weighted by Gasteiger charge is 2.37. The highest BCUT2D eigenvalue weighted by molar-refractivity contribution is 7.89. The molecule has 0 unspecified atom stereocenters. The molecule has 0 bridgehead atoms. The predicted molar refractivity (Wildman–Crippen MR) is 79.1 cm³/mol. The average Bonchev–Trinajstić information content (AvgIpc) is 3.14. The fraction of sp³-hybridized carbons (Fsp3) is 0.462. The topological polar surface area (TPSA) is 72.6 Å². The Morgan fingerprint density at radius 1 is 1.25 bits per heavy atom. The van der Waals surface area contributed by atoms with E-state index in [-0.39, 0.29) is 23.7 Å². The average molecular weight is 382 g/mol. The lowest BCUT2D eigenvalue weighted by Crippen LogP contribution is -2.40. The molecular formula is C13H13F3N2O4S2. The first kappa shape index (κ1) is 17.4. The van der Waals surface area contributed by atoms with E-state index in [9.17, 15) is 21.6 Å². The number of aromatic nitrogens is 1. The smallest absolute Gasteiger partial charge is 0.379 e. The minimum absolute atomic E-state index is 0.0427. The zero-order chi connectivity index (χ0) is 17.5. The first-order chi connectivity index (χ1) is 11.2. The van der Waals surface area contributed by atoms with Crippen molar-refractivity contribution >= 4 is 21.4 Å². The quantitative estimate of drug-likeness (QED) is 0.816. The molecule has 3 rings (SSSR count). The zero-order valence-corrected chi connectivity index (χ0v) is 14.1. The summed E-state index contributed by atoms with van der Waals surface area (Å²) in [4.78, 5) is 0.854. The number of hydrogen-bond acceptors (Lipinski definition) is 6. The first-order valence-corrected chi connectivity index (χ1v) is 9.18. The van der Waals surface area contributed by atoms with Crippen LogP contribution in [-0.2, 0) is 20.9 Å². The van der Waals surface area contributed by atoms with Crippen molar-refractivity contribution in [2.45, 2.75) is 18.0 Å². The van der Waals surface area contributed by atoms with Crippen LogP contribution in [0.4, 0.5) is 13.2 Å². The van der Waals surface area contributed by atoms with Crippen molar-refractivity contribution in [3.8, 4) is 10.6 Å². The van der Waals surface area contributed by atoms with E-state index in [1.165, 1.54) is 10.4 Å². The molecule has 1 aliphatic rings. The molecule has 0 aromatic carbocycles. The second-order valence-electron chi connectivity index (χ2n) is 5.12. The Kier molecular flexibility index (Phi) is 4.45. The van der Waals surface area contributed by atoms with Gasteiger partial charge in [-0.1, -0.05) is 5.16 Å². The normalized spacial score (nSPS) is 17.3. The number of morpholine rings is 1. The van der Waals surface area contributed by atoms with Gasteiger partial charge in [0.1, 0.15) is 5.69 Å². The van der Waals surface area contributed by atoms with Crippen molar-refractivity contribution < 1.29 is 30.8 Å². The summed E-state index contributed by atoms with van der Waals surface area (Å²) in [6.45, 7) is 2.72. The monoisotopic (exact) mass is 382 g/mol. The van der Waals surface area contributed by atoms with Gasteiger partial charge in [-0.2, -0.15) is 17.5 Å². The number of thiophene rings is 1. The van der Waals surface area contributed by atoms with Crippen molar-refractivity contribution in [2.24, 2.45) is 0 Å². The Morgan fingerprint density at radius 2 is 1.92 bits per heavy atom. The number of nitrogens with zero attached hydrogens (tertiary/aromatic N) is 2. The van der Waals surface area contributed by atoms with Crippen LogP contribution < -0.4 is 0 Å². The van der Waals surface area contributed by atoms with Gasteiger partial charge in [-0.05, 0) is 13.0 Å². The van der Waals surface area contributed by atoms with E-state index < -0.39 is 22.0 Å². The summed E-state index contributed by atoms with van der Waals surface area (Å²) in [6, 6.07) is 2.10. The van der Waals surface area contributed by atoms with Crippen LogP contribution in [0.2, 0.25) is 0 Å². The van der Waals surface area contributed by atoms with Crippen LogP contribution in [0.15, 0.2) is 21.6 Å². The molecule has 0 amide bonds. The molecule has 0 aliphatic carbocycles. The fourth-order valence-electron chi connectivity index (χ4n) is 2.30. The van der Waals surface area contributed by atoms with Crippen LogP contribution in [0.5, 0.6) is 0 Å². The number of aryl methyl sites for hydroxylation is 1. The molecule has 1 fully saturated rings. The third-order valence-electron chi connectivity index (χ3n) is 3.50. The van der Waals surface area contributed by atoms with Crippen molar-refractivity contribution in [3.63, 3.8) is 0 Å². The highest BCUT2D eigenvalue weighted by Crippen LogP contribution is 2.37. The van der Waals surface area contributed by atoms with Crippen LogP contribution in [0.25, 0.3) is 10.6 Å². The van der Waals surface area contributed by atoms with Crippen LogP contribution in [0.1, 0.15) is 10.6 Å². The van der Waals surface area contributed by atoms with Gasteiger partial charge in [0.25, 0.3) is 0 Å². The molecule has 0 saturated carbocycles. The summed E-state index contributed by atoms with van der Waals surface area (Å²) in [5, 5.41) is 3.39. The van der Waals surface area contributed by atoms with Crippen LogP contribution in [-0.4, -0.2) is 44.2 Å². The van der Waals surface area contributed by atoms with E-state index in [1.54, 1.807) is 6.92 Å². The van der Waals surface area contributed by atoms with E-state index in [0.717, 1.165) is 17.4 Å². The Hall–Kier alpha value is -1.43. The van der Waals surface area contributed by atoms with Gasteiger partial charge in [-0.15, -0.1) is 11.3 Å². The molecule has 11 heteroatoms. The standard InChI is InChI=1S/C13H13F3N2O4S2/c1-8-11(24(19,20)18-2-4-21-5-3-18)7-10(23-8)9-6-12(22-17-9)13(14,15)16/h6-7H,2-5H2,1H3. The molecule has 0 N–H and O–H groups in total. The van der Waals surface area contributed by atoms with Crippen molar-refractivity contribution in [1.29, 1.82) is 0 Å². The third kappa shape index (κ3) is 3.21. The summed E-state index contributed by atoms with van der Waals surface area (Å²) in [5.41, 5.74) is -0.0427. The molecule has 1 saturated heterocycles. The van der Waals surface area contributed by atoms with E-state index in [0.29, 0.717) is 23.0 Å². The maximum atomic E-state index is 12.7. The van der Waals surface area contributed by atoms with Crippen LogP contribution >= 0.6 is 11.3 Å². The largest absolute Gasteiger partial charge is 0.452 e. The van der Waals surface area contributed by atoms with Gasteiger partial charge in [0.2, 0.25) is 15.8 Å². The molecule has 132 valence electrons. The minimum atomic E-state index is -4.64. The Balaban J connectivity index is 1.94. The molecular weight excluding hydrogens is 369 g/mol. The van der Waals surface area contributed by atoms with Gasteiger partial charge in [0.05, 0.1) is 23.0 Å². The number of halogens is 3. The summed E-state index contributed by atoms with van der Waals surface area (Å²) in [6.07, 6.45) is -4.64. The number of sulfonamides is 1. The minimum Gasteiger partial charge on any atom is -0.379 e. The van der Waals surface area contributed by atoms with Crippen molar-refractivity contribution in [3.05, 3.63) is 22.8 Å². The highest BCUT2D eigenvalue weighted by atomic mass is 32.2. The summed E-state index contributed by atoms with van der Waals surface area (Å²) in [7, 11) is -3.72. The van der Waals surface area contributed by atoms with Gasteiger partial charge in [0.15, 0.2) is 0 Å². The molecule has 0 spiro atoms. The predicted octanol–water partition coefficient (Wildman–Crippen LogP) is 2.75. The number of ether oxygens (including phenoxy) is 1. The van der Waals surface area contributed by atoms with E-state index in [1.807, 2.05) is 0 Å². The Bertz CT molecular complexity index is 836. The first-order valence-electron chi connectivity index (χ1n) is 6.92. The van der Waals surface area contributed by atoms with Gasteiger partial charge < -0.3 is 9.26 Å². The maximum absolute atomic E-state index is 12.7. The molecule has 24 heavy (non-hydrogen) atoms. The number of alkyl halides is 3. The summed E-state index contributed by atoms with van der Waals surface area (Å²) in [5.74, 6) is -1.22.